The van der Waals surface area contributed by atoms with Gasteiger partial charge in [0, 0.05) is 58.1 Å². The zero-order valence-corrected chi connectivity index (χ0v) is 18.3. The molecular formula is C24H33N5O. The summed E-state index contributed by atoms with van der Waals surface area (Å²) in [4.78, 5) is 20.6. The lowest BCUT2D eigenvalue weighted by Gasteiger charge is -2.34. The minimum atomic E-state index is 0.0316. The Balaban J connectivity index is 1.44. The third kappa shape index (κ3) is 5.99. The molecule has 1 amide bonds. The van der Waals surface area contributed by atoms with Crippen LogP contribution < -0.4 is 15.5 Å². The first-order chi connectivity index (χ1) is 14.6. The van der Waals surface area contributed by atoms with Crippen molar-refractivity contribution in [2.75, 3.05) is 45.7 Å². The Hall–Kier alpha value is -3.02. The molecule has 1 aliphatic rings. The standard InChI is InChI=1S/C24H33N5O/c1-25-24(26-15-12-19-8-7-9-20(18-19)23(30)28(2)3)27-21-13-16-29(17-14-21)22-10-5-4-6-11-22/h4-11,18,21H,12-17H2,1-3H3,(H2,25,26,27). The van der Waals surface area contributed by atoms with E-state index in [1.165, 1.54) is 5.69 Å². The molecule has 0 unspecified atom stereocenters. The maximum atomic E-state index is 12.1. The van der Waals surface area contributed by atoms with Crippen LogP contribution in [-0.2, 0) is 6.42 Å². The van der Waals surface area contributed by atoms with Crippen LogP contribution in [0.25, 0.3) is 0 Å². The van der Waals surface area contributed by atoms with Gasteiger partial charge in [-0.2, -0.15) is 0 Å². The quantitative estimate of drug-likeness (QED) is 0.571. The van der Waals surface area contributed by atoms with Crippen molar-refractivity contribution in [1.82, 2.24) is 15.5 Å². The van der Waals surface area contributed by atoms with Crippen LogP contribution >= 0.6 is 0 Å². The smallest absolute Gasteiger partial charge is 0.253 e. The maximum Gasteiger partial charge on any atom is 0.253 e. The highest BCUT2D eigenvalue weighted by molar-refractivity contribution is 5.94. The molecular weight excluding hydrogens is 374 g/mol. The summed E-state index contributed by atoms with van der Waals surface area (Å²) in [5, 5.41) is 6.97. The average Bonchev–Trinajstić information content (AvgIpc) is 2.79. The van der Waals surface area contributed by atoms with Crippen molar-refractivity contribution in [2.45, 2.75) is 25.3 Å². The number of para-hydroxylation sites is 1. The fraction of sp³-hybridized carbons (Fsp3) is 0.417. The first kappa shape index (κ1) is 21.7. The van der Waals surface area contributed by atoms with Gasteiger partial charge in [0.1, 0.15) is 0 Å². The van der Waals surface area contributed by atoms with Gasteiger partial charge >= 0.3 is 0 Å². The van der Waals surface area contributed by atoms with Gasteiger partial charge in [-0.3, -0.25) is 9.79 Å². The first-order valence-corrected chi connectivity index (χ1v) is 10.6. The van der Waals surface area contributed by atoms with Crippen molar-refractivity contribution in [2.24, 2.45) is 4.99 Å². The number of benzene rings is 2. The molecule has 1 fully saturated rings. The Morgan fingerprint density at radius 1 is 1.10 bits per heavy atom. The van der Waals surface area contributed by atoms with E-state index in [9.17, 15) is 4.79 Å². The maximum absolute atomic E-state index is 12.1. The topological polar surface area (TPSA) is 60.0 Å². The molecule has 0 radical (unpaired) electrons. The van der Waals surface area contributed by atoms with Gasteiger partial charge in [0.2, 0.25) is 0 Å². The largest absolute Gasteiger partial charge is 0.371 e. The fourth-order valence-electron chi connectivity index (χ4n) is 3.75. The molecule has 0 saturated carbocycles. The van der Waals surface area contributed by atoms with E-state index in [0.717, 1.165) is 56.0 Å². The van der Waals surface area contributed by atoms with Crippen LogP contribution in [0, 0.1) is 0 Å². The molecule has 0 aromatic heterocycles. The van der Waals surface area contributed by atoms with E-state index < -0.39 is 0 Å². The minimum Gasteiger partial charge on any atom is -0.371 e. The molecule has 30 heavy (non-hydrogen) atoms. The normalized spacial score (nSPS) is 15.0. The first-order valence-electron chi connectivity index (χ1n) is 10.6. The SMILES string of the molecule is CN=C(NCCc1cccc(C(=O)N(C)C)c1)NC1CCN(c2ccccc2)CC1. The molecule has 2 aromatic carbocycles. The van der Waals surface area contributed by atoms with Gasteiger partial charge in [-0.05, 0) is 49.1 Å². The number of rotatable bonds is 6. The number of amides is 1. The van der Waals surface area contributed by atoms with Crippen molar-refractivity contribution in [3.8, 4) is 0 Å². The molecule has 1 heterocycles. The van der Waals surface area contributed by atoms with Gasteiger partial charge in [-0.15, -0.1) is 0 Å². The number of carbonyl (C=O) groups excluding carboxylic acids is 1. The molecule has 1 aliphatic heterocycles. The fourth-order valence-corrected chi connectivity index (χ4v) is 3.75. The highest BCUT2D eigenvalue weighted by atomic mass is 16.2. The lowest BCUT2D eigenvalue weighted by Crippen LogP contribution is -2.49. The number of piperidine rings is 1. The van der Waals surface area contributed by atoms with E-state index in [0.29, 0.717) is 6.04 Å². The van der Waals surface area contributed by atoms with Gasteiger partial charge in [0.05, 0.1) is 0 Å². The molecule has 0 bridgehead atoms. The minimum absolute atomic E-state index is 0.0316. The van der Waals surface area contributed by atoms with E-state index in [1.54, 1.807) is 19.0 Å². The highest BCUT2D eigenvalue weighted by Gasteiger charge is 2.20. The zero-order valence-electron chi connectivity index (χ0n) is 18.3. The van der Waals surface area contributed by atoms with E-state index in [4.69, 9.17) is 0 Å². The lowest BCUT2D eigenvalue weighted by atomic mass is 10.0. The van der Waals surface area contributed by atoms with Gasteiger partial charge in [-0.1, -0.05) is 30.3 Å². The van der Waals surface area contributed by atoms with Crippen LogP contribution in [0.3, 0.4) is 0 Å². The molecule has 3 rings (SSSR count). The Labute approximate surface area is 180 Å². The number of nitrogens with zero attached hydrogens (tertiary/aromatic N) is 3. The summed E-state index contributed by atoms with van der Waals surface area (Å²) in [5.41, 5.74) is 3.17. The summed E-state index contributed by atoms with van der Waals surface area (Å²) in [6.07, 6.45) is 3.01. The highest BCUT2D eigenvalue weighted by Crippen LogP contribution is 2.19. The molecule has 1 saturated heterocycles. The predicted octanol–water partition coefficient (Wildman–Crippen LogP) is 2.76. The van der Waals surface area contributed by atoms with E-state index in [-0.39, 0.29) is 5.91 Å². The molecule has 160 valence electrons. The third-order valence-electron chi connectivity index (χ3n) is 5.47. The third-order valence-corrected chi connectivity index (χ3v) is 5.47. The Kier molecular flexibility index (Phi) is 7.71. The number of hydrogen-bond donors (Lipinski definition) is 2. The molecule has 2 N–H and O–H groups in total. The van der Waals surface area contributed by atoms with E-state index in [2.05, 4.69) is 56.9 Å². The van der Waals surface area contributed by atoms with Crippen LogP contribution in [0.4, 0.5) is 5.69 Å². The number of anilines is 1. The lowest BCUT2D eigenvalue weighted by molar-refractivity contribution is 0.0827. The van der Waals surface area contributed by atoms with Crippen LogP contribution in [0.15, 0.2) is 59.6 Å². The molecule has 0 spiro atoms. The zero-order chi connectivity index (χ0) is 21.3. The Morgan fingerprint density at radius 3 is 2.50 bits per heavy atom. The Bertz CT molecular complexity index is 842. The summed E-state index contributed by atoms with van der Waals surface area (Å²) in [6.45, 7) is 2.86. The summed E-state index contributed by atoms with van der Waals surface area (Å²) in [7, 11) is 5.36. The Morgan fingerprint density at radius 2 is 1.83 bits per heavy atom. The van der Waals surface area contributed by atoms with Gasteiger partial charge in [-0.25, -0.2) is 0 Å². The van der Waals surface area contributed by atoms with Crippen LogP contribution in [-0.4, -0.2) is 63.6 Å². The molecule has 0 atom stereocenters. The van der Waals surface area contributed by atoms with Gasteiger partial charge in [0.25, 0.3) is 5.91 Å². The van der Waals surface area contributed by atoms with Gasteiger partial charge in [0.15, 0.2) is 5.96 Å². The average molecular weight is 408 g/mol. The summed E-state index contributed by atoms with van der Waals surface area (Å²) in [6, 6.07) is 18.9. The second kappa shape index (κ2) is 10.7. The molecule has 6 heteroatoms. The van der Waals surface area contributed by atoms with Crippen molar-refractivity contribution in [3.63, 3.8) is 0 Å². The molecule has 6 nitrogen and oxygen atoms in total. The number of carbonyl (C=O) groups is 1. The molecule has 2 aromatic rings. The summed E-state index contributed by atoms with van der Waals surface area (Å²) >= 11 is 0. The van der Waals surface area contributed by atoms with E-state index in [1.807, 2.05) is 25.2 Å². The number of guanidine groups is 1. The van der Waals surface area contributed by atoms with Crippen LogP contribution in [0.1, 0.15) is 28.8 Å². The second-order valence-corrected chi connectivity index (χ2v) is 7.89. The van der Waals surface area contributed by atoms with Crippen LogP contribution in [0.5, 0.6) is 0 Å². The number of aliphatic imine (C=N–C) groups is 1. The monoisotopic (exact) mass is 407 g/mol. The number of nitrogens with one attached hydrogen (secondary N) is 2. The number of hydrogen-bond acceptors (Lipinski definition) is 3. The summed E-state index contributed by atoms with van der Waals surface area (Å²) in [5.74, 6) is 0.873. The van der Waals surface area contributed by atoms with E-state index >= 15 is 0 Å². The van der Waals surface area contributed by atoms with Crippen molar-refractivity contribution in [3.05, 3.63) is 65.7 Å². The molecule has 0 aliphatic carbocycles. The summed E-state index contributed by atoms with van der Waals surface area (Å²) < 4.78 is 0. The van der Waals surface area contributed by atoms with Crippen LogP contribution in [0.2, 0.25) is 0 Å². The predicted molar refractivity (Wildman–Crippen MR) is 124 cm³/mol. The van der Waals surface area contributed by atoms with Crippen molar-refractivity contribution < 1.29 is 4.79 Å². The van der Waals surface area contributed by atoms with Crippen molar-refractivity contribution in [1.29, 1.82) is 0 Å². The van der Waals surface area contributed by atoms with Crippen molar-refractivity contribution >= 4 is 17.6 Å². The van der Waals surface area contributed by atoms with Gasteiger partial charge < -0.3 is 20.4 Å². The second-order valence-electron chi connectivity index (χ2n) is 7.89.